The van der Waals surface area contributed by atoms with E-state index in [1.807, 2.05) is 20.8 Å². The molecular weight excluding hydrogens is 180 g/mol. The summed E-state index contributed by atoms with van der Waals surface area (Å²) in [4.78, 5) is 11.3. The molecular formula is C10H22N2O2. The second-order valence-electron chi connectivity index (χ2n) is 4.37. The van der Waals surface area contributed by atoms with Gasteiger partial charge >= 0.3 is 0 Å². The van der Waals surface area contributed by atoms with Crippen LogP contribution in [0.25, 0.3) is 0 Å². The van der Waals surface area contributed by atoms with Crippen molar-refractivity contribution in [1.29, 1.82) is 0 Å². The Bertz CT molecular complexity index is 181. The van der Waals surface area contributed by atoms with E-state index >= 15 is 0 Å². The van der Waals surface area contributed by atoms with E-state index in [0.29, 0.717) is 19.4 Å². The predicted molar refractivity (Wildman–Crippen MR) is 56.8 cm³/mol. The molecule has 0 unspecified atom stereocenters. The molecule has 0 saturated carbocycles. The first-order valence-corrected chi connectivity index (χ1v) is 5.07. The zero-order chi connectivity index (χ0) is 11.2. The molecule has 1 amide bonds. The van der Waals surface area contributed by atoms with Crippen molar-refractivity contribution in [2.24, 2.45) is 11.1 Å². The summed E-state index contributed by atoms with van der Waals surface area (Å²) in [5.41, 5.74) is 5.49. The van der Waals surface area contributed by atoms with Crippen molar-refractivity contribution in [3.05, 3.63) is 0 Å². The summed E-state index contributed by atoms with van der Waals surface area (Å²) in [7, 11) is 0. The molecule has 0 aromatic rings. The zero-order valence-corrected chi connectivity index (χ0v) is 9.34. The average Bonchev–Trinajstić information content (AvgIpc) is 2.13. The Hall–Kier alpha value is -0.610. The van der Waals surface area contributed by atoms with E-state index in [2.05, 4.69) is 5.32 Å². The van der Waals surface area contributed by atoms with E-state index in [1.165, 1.54) is 0 Å². The summed E-state index contributed by atoms with van der Waals surface area (Å²) in [5.74, 6) is -0.112. The monoisotopic (exact) mass is 202 g/mol. The topological polar surface area (TPSA) is 75.4 Å². The van der Waals surface area contributed by atoms with Crippen molar-refractivity contribution in [1.82, 2.24) is 5.32 Å². The Balaban J connectivity index is 3.87. The van der Waals surface area contributed by atoms with Crippen LogP contribution >= 0.6 is 0 Å². The highest BCUT2D eigenvalue weighted by molar-refractivity contribution is 5.81. The predicted octanol–water partition coefficient (Wildman–Crippen LogP) is 0.248. The Morgan fingerprint density at radius 3 is 2.57 bits per heavy atom. The molecule has 0 radical (unpaired) electrons. The number of aliphatic hydroxyl groups is 1. The van der Waals surface area contributed by atoms with Crippen molar-refractivity contribution >= 4 is 5.91 Å². The van der Waals surface area contributed by atoms with Gasteiger partial charge in [-0.1, -0.05) is 20.8 Å². The van der Waals surface area contributed by atoms with Crippen molar-refractivity contribution in [2.45, 2.75) is 39.7 Å². The number of amides is 1. The minimum Gasteiger partial charge on any atom is -0.396 e. The molecule has 0 aliphatic heterocycles. The van der Waals surface area contributed by atoms with Gasteiger partial charge in [0.25, 0.3) is 0 Å². The normalized spacial score (nSPS) is 13.8. The first kappa shape index (κ1) is 13.4. The maximum Gasteiger partial charge on any atom is 0.236 e. The van der Waals surface area contributed by atoms with Crippen LogP contribution in [0.15, 0.2) is 0 Å². The second-order valence-corrected chi connectivity index (χ2v) is 4.37. The van der Waals surface area contributed by atoms with Gasteiger partial charge < -0.3 is 16.2 Å². The Morgan fingerprint density at radius 2 is 2.14 bits per heavy atom. The summed E-state index contributed by atoms with van der Waals surface area (Å²) in [6.45, 7) is 6.58. The number of nitrogens with one attached hydrogen (secondary N) is 1. The molecule has 0 rings (SSSR count). The smallest absolute Gasteiger partial charge is 0.236 e. The zero-order valence-electron chi connectivity index (χ0n) is 9.34. The Labute approximate surface area is 85.9 Å². The van der Waals surface area contributed by atoms with Crippen molar-refractivity contribution in [3.63, 3.8) is 0 Å². The van der Waals surface area contributed by atoms with E-state index in [9.17, 15) is 4.79 Å². The van der Waals surface area contributed by atoms with Crippen molar-refractivity contribution in [2.75, 3.05) is 13.2 Å². The lowest BCUT2D eigenvalue weighted by atomic mass is 9.89. The SMILES string of the molecule is CC[C@@H](N)C(=O)NCC(C)(C)CCO. The maximum atomic E-state index is 11.3. The third-order valence-electron chi connectivity index (χ3n) is 2.31. The molecule has 0 heterocycles. The minimum atomic E-state index is -0.417. The third-order valence-corrected chi connectivity index (χ3v) is 2.31. The molecule has 0 aromatic heterocycles. The molecule has 4 heteroatoms. The maximum absolute atomic E-state index is 11.3. The second kappa shape index (κ2) is 5.98. The summed E-state index contributed by atoms with van der Waals surface area (Å²) < 4.78 is 0. The van der Waals surface area contributed by atoms with Crippen molar-refractivity contribution < 1.29 is 9.90 Å². The molecule has 0 fully saturated rings. The summed E-state index contributed by atoms with van der Waals surface area (Å²) in [6.07, 6.45) is 1.32. The van der Waals surface area contributed by atoms with Crippen LogP contribution in [0.4, 0.5) is 0 Å². The molecule has 4 N–H and O–H groups in total. The van der Waals surface area contributed by atoms with Gasteiger partial charge in [-0.3, -0.25) is 4.79 Å². The number of hydrogen-bond acceptors (Lipinski definition) is 3. The van der Waals surface area contributed by atoms with Gasteiger partial charge in [0.05, 0.1) is 6.04 Å². The first-order valence-electron chi connectivity index (χ1n) is 5.07. The van der Waals surface area contributed by atoms with Crippen LogP contribution in [0.5, 0.6) is 0 Å². The molecule has 0 aliphatic rings. The lowest BCUT2D eigenvalue weighted by Gasteiger charge is -2.24. The van der Waals surface area contributed by atoms with Crippen LogP contribution in [0.1, 0.15) is 33.6 Å². The highest BCUT2D eigenvalue weighted by atomic mass is 16.3. The van der Waals surface area contributed by atoms with E-state index in [-0.39, 0.29) is 17.9 Å². The van der Waals surface area contributed by atoms with Crippen LogP contribution in [0, 0.1) is 5.41 Å². The van der Waals surface area contributed by atoms with Gasteiger partial charge in [0, 0.05) is 13.2 Å². The van der Waals surface area contributed by atoms with E-state index < -0.39 is 6.04 Å². The van der Waals surface area contributed by atoms with Crippen LogP contribution < -0.4 is 11.1 Å². The number of carbonyl (C=O) groups is 1. The Kier molecular flexibility index (Phi) is 5.72. The van der Waals surface area contributed by atoms with Crippen LogP contribution in [0.3, 0.4) is 0 Å². The van der Waals surface area contributed by atoms with Gasteiger partial charge in [0.1, 0.15) is 0 Å². The number of rotatable bonds is 6. The lowest BCUT2D eigenvalue weighted by Crippen LogP contribution is -2.43. The van der Waals surface area contributed by atoms with Gasteiger partial charge in [-0.15, -0.1) is 0 Å². The Morgan fingerprint density at radius 1 is 1.57 bits per heavy atom. The molecule has 0 aromatic carbocycles. The average molecular weight is 202 g/mol. The van der Waals surface area contributed by atoms with Gasteiger partial charge in [-0.2, -0.15) is 0 Å². The molecule has 0 saturated heterocycles. The highest BCUT2D eigenvalue weighted by Gasteiger charge is 2.19. The molecule has 14 heavy (non-hydrogen) atoms. The van der Waals surface area contributed by atoms with Gasteiger partial charge in [0.2, 0.25) is 5.91 Å². The number of hydrogen-bond donors (Lipinski definition) is 3. The first-order chi connectivity index (χ1) is 6.43. The van der Waals surface area contributed by atoms with Gasteiger partial charge in [-0.05, 0) is 18.3 Å². The molecule has 1 atom stereocenters. The summed E-state index contributed by atoms with van der Waals surface area (Å²) >= 11 is 0. The molecule has 0 bridgehead atoms. The number of carbonyl (C=O) groups excluding carboxylic acids is 1. The largest absolute Gasteiger partial charge is 0.396 e. The quantitative estimate of drug-likeness (QED) is 0.578. The van der Waals surface area contributed by atoms with Gasteiger partial charge in [0.15, 0.2) is 0 Å². The molecule has 4 nitrogen and oxygen atoms in total. The minimum absolute atomic E-state index is 0.0716. The van der Waals surface area contributed by atoms with Crippen molar-refractivity contribution in [3.8, 4) is 0 Å². The van der Waals surface area contributed by atoms with Crippen LogP contribution in [-0.2, 0) is 4.79 Å². The number of nitrogens with two attached hydrogens (primary N) is 1. The molecule has 0 spiro atoms. The highest BCUT2D eigenvalue weighted by Crippen LogP contribution is 2.17. The summed E-state index contributed by atoms with van der Waals surface area (Å²) in [6, 6.07) is -0.417. The summed E-state index contributed by atoms with van der Waals surface area (Å²) in [5, 5.41) is 11.6. The van der Waals surface area contributed by atoms with E-state index in [0.717, 1.165) is 0 Å². The lowest BCUT2D eigenvalue weighted by molar-refractivity contribution is -0.122. The number of aliphatic hydroxyl groups excluding tert-OH is 1. The van der Waals surface area contributed by atoms with Crippen LogP contribution in [0.2, 0.25) is 0 Å². The van der Waals surface area contributed by atoms with Gasteiger partial charge in [-0.25, -0.2) is 0 Å². The van der Waals surface area contributed by atoms with E-state index in [1.54, 1.807) is 0 Å². The third kappa shape index (κ3) is 5.19. The fourth-order valence-electron chi connectivity index (χ4n) is 1.03. The molecule has 84 valence electrons. The molecule has 0 aliphatic carbocycles. The fourth-order valence-corrected chi connectivity index (χ4v) is 1.03. The van der Waals surface area contributed by atoms with E-state index in [4.69, 9.17) is 10.8 Å². The fraction of sp³-hybridized carbons (Fsp3) is 0.900. The standard InChI is InChI=1S/C10H22N2O2/c1-4-8(11)9(14)12-7-10(2,3)5-6-13/h8,13H,4-7,11H2,1-3H3,(H,12,14)/t8-/m1/s1. The van der Waals surface area contributed by atoms with Crippen LogP contribution in [-0.4, -0.2) is 30.2 Å².